The molecule has 0 saturated heterocycles. The summed E-state index contributed by atoms with van der Waals surface area (Å²) in [6.07, 6.45) is 2.06. The number of rotatable bonds is 5. The summed E-state index contributed by atoms with van der Waals surface area (Å²) < 4.78 is 0. The summed E-state index contributed by atoms with van der Waals surface area (Å²) in [5.41, 5.74) is 0. The van der Waals surface area contributed by atoms with Gasteiger partial charge in [0, 0.05) is 13.0 Å². The maximum absolute atomic E-state index is 9.63. The van der Waals surface area contributed by atoms with Gasteiger partial charge in [0.15, 0.2) is 0 Å². The average molecular weight is 131 g/mol. The Bertz CT molecular complexity index is 72.7. The minimum Gasteiger partial charge on any atom is -0.396 e. The lowest BCUT2D eigenvalue weighted by atomic mass is 10.1. The number of carbonyl (C=O) groups excluding carboxylic acids is 1. The lowest BCUT2D eigenvalue weighted by molar-refractivity contribution is 0.155. The Morgan fingerprint density at radius 3 is 2.67 bits per heavy atom. The summed E-state index contributed by atoms with van der Waals surface area (Å²) in [4.78, 5) is 9.63. The molecule has 0 aromatic carbocycles. The van der Waals surface area contributed by atoms with E-state index in [0.29, 0.717) is 12.8 Å². The molecule has 3 heteroatoms. The molecule has 0 aliphatic heterocycles. The third-order valence-electron chi connectivity index (χ3n) is 1.01. The highest BCUT2D eigenvalue weighted by Crippen LogP contribution is 1.97. The Morgan fingerprint density at radius 2 is 2.22 bits per heavy atom. The van der Waals surface area contributed by atoms with E-state index < -0.39 is 6.10 Å². The van der Waals surface area contributed by atoms with E-state index in [9.17, 15) is 4.79 Å². The van der Waals surface area contributed by atoms with Crippen molar-refractivity contribution in [2.75, 3.05) is 6.61 Å². The zero-order chi connectivity index (χ0) is 7.11. The molecule has 0 saturated carbocycles. The first-order valence-corrected chi connectivity index (χ1v) is 2.95. The zero-order valence-corrected chi connectivity index (χ0v) is 5.21. The largest absolute Gasteiger partial charge is 0.396 e. The van der Waals surface area contributed by atoms with Crippen molar-refractivity contribution in [3.05, 3.63) is 0 Å². The second-order valence-corrected chi connectivity index (χ2v) is 1.87. The molecule has 0 aliphatic rings. The van der Waals surface area contributed by atoms with Crippen LogP contribution in [0.4, 0.5) is 0 Å². The first-order valence-electron chi connectivity index (χ1n) is 2.95. The van der Waals surface area contributed by atoms with Gasteiger partial charge in [-0.3, -0.25) is 4.79 Å². The normalized spacial score (nSPS) is 13.1. The second-order valence-electron chi connectivity index (χ2n) is 1.87. The first kappa shape index (κ1) is 8.59. The second kappa shape index (κ2) is 5.72. The van der Waals surface area contributed by atoms with E-state index in [0.717, 1.165) is 0 Å². The van der Waals surface area contributed by atoms with Crippen LogP contribution in [-0.2, 0) is 4.79 Å². The molecule has 3 nitrogen and oxygen atoms in total. The molecule has 0 aromatic rings. The van der Waals surface area contributed by atoms with Gasteiger partial charge in [0.05, 0.1) is 6.10 Å². The molecule has 0 fully saturated rings. The van der Waals surface area contributed by atoms with Crippen molar-refractivity contribution >= 4 is 6.29 Å². The maximum atomic E-state index is 9.63. The molecule has 0 rings (SSSR count). The zero-order valence-electron chi connectivity index (χ0n) is 5.21. The fraction of sp³-hybridized carbons (Fsp3) is 0.833. The van der Waals surface area contributed by atoms with Gasteiger partial charge in [0.1, 0.15) is 0 Å². The van der Waals surface area contributed by atoms with Crippen LogP contribution >= 0.6 is 0 Å². The molecule has 0 aromatic heterocycles. The molecular formula is C6H11O3. The summed E-state index contributed by atoms with van der Waals surface area (Å²) in [5, 5.41) is 17.1. The Morgan fingerprint density at radius 1 is 1.56 bits per heavy atom. The monoisotopic (exact) mass is 131 g/mol. The topological polar surface area (TPSA) is 57.5 Å². The van der Waals surface area contributed by atoms with Gasteiger partial charge in [-0.15, -0.1) is 0 Å². The van der Waals surface area contributed by atoms with Crippen LogP contribution in [0, 0.1) is 0 Å². The number of aliphatic hydroxyl groups excluding tert-OH is 2. The van der Waals surface area contributed by atoms with Crippen LogP contribution in [-0.4, -0.2) is 29.2 Å². The van der Waals surface area contributed by atoms with E-state index >= 15 is 0 Å². The van der Waals surface area contributed by atoms with Crippen molar-refractivity contribution in [1.29, 1.82) is 0 Å². The molecule has 0 amide bonds. The molecule has 1 radical (unpaired) electrons. The molecular weight excluding hydrogens is 120 g/mol. The molecule has 0 spiro atoms. The molecule has 0 bridgehead atoms. The fourth-order valence-electron chi connectivity index (χ4n) is 0.525. The van der Waals surface area contributed by atoms with Gasteiger partial charge in [-0.2, -0.15) is 0 Å². The minimum absolute atomic E-state index is 0.0556. The van der Waals surface area contributed by atoms with Gasteiger partial charge >= 0.3 is 0 Å². The first-order chi connectivity index (χ1) is 4.31. The van der Waals surface area contributed by atoms with Crippen molar-refractivity contribution in [3.63, 3.8) is 0 Å². The van der Waals surface area contributed by atoms with Gasteiger partial charge in [0.2, 0.25) is 6.29 Å². The van der Waals surface area contributed by atoms with Gasteiger partial charge in [0.25, 0.3) is 0 Å². The SMILES string of the molecule is O=[C]CC(O)CCCO. The molecule has 0 heterocycles. The minimum atomic E-state index is -0.616. The predicted octanol–water partition coefficient (Wildman–Crippen LogP) is -0.380. The number of hydrogen-bond acceptors (Lipinski definition) is 3. The summed E-state index contributed by atoms with van der Waals surface area (Å²) in [6.45, 7) is 0.0654. The third kappa shape index (κ3) is 5.46. The van der Waals surface area contributed by atoms with Crippen LogP contribution in [0.5, 0.6) is 0 Å². The average Bonchev–Trinajstić information content (AvgIpc) is 1.85. The summed E-state index contributed by atoms with van der Waals surface area (Å²) in [6, 6.07) is 0. The highest BCUT2D eigenvalue weighted by molar-refractivity contribution is 5.51. The molecule has 1 atom stereocenters. The van der Waals surface area contributed by atoms with Crippen LogP contribution in [0.1, 0.15) is 19.3 Å². The maximum Gasteiger partial charge on any atom is 0.201 e. The van der Waals surface area contributed by atoms with Crippen LogP contribution in [0.25, 0.3) is 0 Å². The van der Waals surface area contributed by atoms with E-state index in [2.05, 4.69) is 0 Å². The lowest BCUT2D eigenvalue weighted by Crippen LogP contribution is -2.07. The molecule has 9 heavy (non-hydrogen) atoms. The van der Waals surface area contributed by atoms with Crippen molar-refractivity contribution in [1.82, 2.24) is 0 Å². The lowest BCUT2D eigenvalue weighted by Gasteiger charge is -2.02. The van der Waals surface area contributed by atoms with E-state index in [1.165, 1.54) is 0 Å². The fourth-order valence-corrected chi connectivity index (χ4v) is 0.525. The van der Waals surface area contributed by atoms with Gasteiger partial charge in [-0.05, 0) is 12.8 Å². The van der Waals surface area contributed by atoms with Crippen LogP contribution in [0.15, 0.2) is 0 Å². The molecule has 53 valence electrons. The van der Waals surface area contributed by atoms with E-state index in [-0.39, 0.29) is 13.0 Å². The quantitative estimate of drug-likeness (QED) is 0.534. The molecule has 2 N–H and O–H groups in total. The number of aliphatic hydroxyl groups is 2. The highest BCUT2D eigenvalue weighted by Gasteiger charge is 2.00. The van der Waals surface area contributed by atoms with Gasteiger partial charge < -0.3 is 10.2 Å². The summed E-state index contributed by atoms with van der Waals surface area (Å²) >= 11 is 0. The van der Waals surface area contributed by atoms with E-state index in [1.54, 1.807) is 6.29 Å². The Kier molecular flexibility index (Phi) is 5.46. The molecule has 0 aliphatic carbocycles. The molecule has 1 unspecified atom stereocenters. The van der Waals surface area contributed by atoms with Crippen molar-refractivity contribution < 1.29 is 15.0 Å². The smallest absolute Gasteiger partial charge is 0.201 e. The standard InChI is InChI=1S/C6H11O3/c7-4-1-2-6(9)3-5-8/h6-7,9H,1-4H2. The highest BCUT2D eigenvalue weighted by atomic mass is 16.3. The van der Waals surface area contributed by atoms with Crippen LogP contribution < -0.4 is 0 Å². The van der Waals surface area contributed by atoms with Crippen LogP contribution in [0.2, 0.25) is 0 Å². The Hall–Kier alpha value is -0.410. The van der Waals surface area contributed by atoms with E-state index in [1.807, 2.05) is 0 Å². The van der Waals surface area contributed by atoms with Crippen molar-refractivity contribution in [3.8, 4) is 0 Å². The van der Waals surface area contributed by atoms with Crippen molar-refractivity contribution in [2.24, 2.45) is 0 Å². The van der Waals surface area contributed by atoms with Crippen molar-refractivity contribution in [2.45, 2.75) is 25.4 Å². The summed E-state index contributed by atoms with van der Waals surface area (Å²) in [5.74, 6) is 0. The van der Waals surface area contributed by atoms with E-state index in [4.69, 9.17) is 10.2 Å². The predicted molar refractivity (Wildman–Crippen MR) is 32.6 cm³/mol. The summed E-state index contributed by atoms with van der Waals surface area (Å²) in [7, 11) is 0. The Balaban J connectivity index is 3.04. The van der Waals surface area contributed by atoms with Gasteiger partial charge in [-0.25, -0.2) is 0 Å². The van der Waals surface area contributed by atoms with Gasteiger partial charge in [-0.1, -0.05) is 0 Å². The van der Waals surface area contributed by atoms with Crippen LogP contribution in [0.3, 0.4) is 0 Å². The number of hydrogen-bond donors (Lipinski definition) is 2. The Labute approximate surface area is 54.3 Å². The third-order valence-corrected chi connectivity index (χ3v) is 1.01.